The van der Waals surface area contributed by atoms with E-state index in [9.17, 15) is 4.79 Å². The molecule has 0 aliphatic carbocycles. The maximum atomic E-state index is 12.4. The number of rotatable bonds is 9. The third-order valence-corrected chi connectivity index (χ3v) is 5.39. The Kier molecular flexibility index (Phi) is 8.35. The van der Waals surface area contributed by atoms with Crippen molar-refractivity contribution in [2.75, 3.05) is 39.5 Å². The second kappa shape index (κ2) is 11.2. The zero-order valence-corrected chi connectivity index (χ0v) is 17.7. The molecule has 156 valence electrons. The normalized spacial score (nSPS) is 15.7. The summed E-state index contributed by atoms with van der Waals surface area (Å²) in [6, 6.07) is 15.9. The number of amides is 1. The van der Waals surface area contributed by atoms with Gasteiger partial charge in [-0.25, -0.2) is 0 Å². The fourth-order valence-corrected chi connectivity index (χ4v) is 3.59. The smallest absolute Gasteiger partial charge is 0.220 e. The minimum Gasteiger partial charge on any atom is -0.493 e. The first-order chi connectivity index (χ1) is 14.1. The van der Waals surface area contributed by atoms with Crippen molar-refractivity contribution in [2.24, 2.45) is 0 Å². The number of morpholine rings is 1. The van der Waals surface area contributed by atoms with E-state index in [1.807, 2.05) is 55.5 Å². The Balaban J connectivity index is 1.47. The summed E-state index contributed by atoms with van der Waals surface area (Å²) in [4.78, 5) is 14.7. The predicted molar refractivity (Wildman–Crippen MR) is 116 cm³/mol. The van der Waals surface area contributed by atoms with Crippen LogP contribution in [0.4, 0.5) is 0 Å². The van der Waals surface area contributed by atoms with Crippen molar-refractivity contribution >= 4 is 17.5 Å². The van der Waals surface area contributed by atoms with Gasteiger partial charge in [0.1, 0.15) is 5.75 Å². The number of nitrogens with one attached hydrogen (secondary N) is 1. The van der Waals surface area contributed by atoms with Crippen LogP contribution in [0.5, 0.6) is 5.75 Å². The fraction of sp³-hybridized carbons (Fsp3) is 0.435. The van der Waals surface area contributed by atoms with Gasteiger partial charge in [0.2, 0.25) is 5.91 Å². The van der Waals surface area contributed by atoms with Gasteiger partial charge in [0, 0.05) is 31.1 Å². The molecule has 2 aromatic rings. The number of carbonyl (C=O) groups is 1. The third kappa shape index (κ3) is 6.74. The Morgan fingerprint density at radius 3 is 2.62 bits per heavy atom. The summed E-state index contributed by atoms with van der Waals surface area (Å²) in [6.07, 6.45) is 1.13. The SMILES string of the molecule is Cc1ccccc1OCCCC(=O)NCC(c1ccc(Cl)cc1)N1CCOCC1. The van der Waals surface area contributed by atoms with Crippen molar-refractivity contribution in [1.29, 1.82) is 0 Å². The van der Waals surface area contributed by atoms with Gasteiger partial charge in [0.05, 0.1) is 25.9 Å². The molecule has 0 saturated carbocycles. The van der Waals surface area contributed by atoms with E-state index in [1.165, 1.54) is 0 Å². The number of para-hydroxylation sites is 1. The highest BCUT2D eigenvalue weighted by Gasteiger charge is 2.23. The van der Waals surface area contributed by atoms with Crippen molar-refractivity contribution in [3.8, 4) is 5.75 Å². The molecule has 1 aliphatic heterocycles. The summed E-state index contributed by atoms with van der Waals surface area (Å²) in [7, 11) is 0. The van der Waals surface area contributed by atoms with E-state index in [2.05, 4.69) is 10.2 Å². The van der Waals surface area contributed by atoms with Gasteiger partial charge in [-0.1, -0.05) is 41.9 Å². The van der Waals surface area contributed by atoms with Crippen LogP contribution in [0.25, 0.3) is 0 Å². The summed E-state index contributed by atoms with van der Waals surface area (Å²) in [6.45, 7) is 6.26. The van der Waals surface area contributed by atoms with E-state index in [0.29, 0.717) is 44.2 Å². The molecule has 0 spiro atoms. The molecule has 1 amide bonds. The quantitative estimate of drug-likeness (QED) is 0.628. The molecule has 5 nitrogen and oxygen atoms in total. The summed E-state index contributed by atoms with van der Waals surface area (Å²) < 4.78 is 11.3. The number of aryl methyl sites for hydroxylation is 1. The van der Waals surface area contributed by atoms with Gasteiger partial charge in [-0.05, 0) is 42.7 Å². The Morgan fingerprint density at radius 2 is 1.90 bits per heavy atom. The second-order valence-electron chi connectivity index (χ2n) is 7.24. The lowest BCUT2D eigenvalue weighted by Crippen LogP contribution is -2.43. The molecule has 29 heavy (non-hydrogen) atoms. The maximum Gasteiger partial charge on any atom is 0.220 e. The van der Waals surface area contributed by atoms with Gasteiger partial charge in [-0.15, -0.1) is 0 Å². The minimum absolute atomic E-state index is 0.0469. The van der Waals surface area contributed by atoms with Crippen LogP contribution in [0.1, 0.15) is 30.0 Å². The zero-order chi connectivity index (χ0) is 20.5. The lowest BCUT2D eigenvalue weighted by Gasteiger charge is -2.35. The highest BCUT2D eigenvalue weighted by molar-refractivity contribution is 6.30. The monoisotopic (exact) mass is 416 g/mol. The molecule has 1 atom stereocenters. The first-order valence-electron chi connectivity index (χ1n) is 10.2. The van der Waals surface area contributed by atoms with E-state index < -0.39 is 0 Å². The van der Waals surface area contributed by atoms with Crippen molar-refractivity contribution in [3.05, 3.63) is 64.7 Å². The highest BCUT2D eigenvalue weighted by atomic mass is 35.5. The fourth-order valence-electron chi connectivity index (χ4n) is 3.46. The number of benzene rings is 2. The average Bonchev–Trinajstić information content (AvgIpc) is 2.74. The van der Waals surface area contributed by atoms with Crippen LogP contribution in [0.3, 0.4) is 0 Å². The number of hydrogen-bond donors (Lipinski definition) is 1. The Bertz CT molecular complexity index is 776. The Hall–Kier alpha value is -2.08. The van der Waals surface area contributed by atoms with Crippen molar-refractivity contribution < 1.29 is 14.3 Å². The van der Waals surface area contributed by atoms with Crippen LogP contribution in [-0.2, 0) is 9.53 Å². The third-order valence-electron chi connectivity index (χ3n) is 5.13. The first-order valence-corrected chi connectivity index (χ1v) is 10.5. The van der Waals surface area contributed by atoms with Crippen LogP contribution in [0.15, 0.2) is 48.5 Å². The van der Waals surface area contributed by atoms with Crippen LogP contribution in [-0.4, -0.2) is 50.3 Å². The minimum atomic E-state index is 0.0469. The van der Waals surface area contributed by atoms with Gasteiger partial charge >= 0.3 is 0 Å². The van der Waals surface area contributed by atoms with Gasteiger partial charge < -0.3 is 14.8 Å². The molecule has 1 N–H and O–H groups in total. The molecule has 1 saturated heterocycles. The van der Waals surface area contributed by atoms with Gasteiger partial charge in [-0.2, -0.15) is 0 Å². The van der Waals surface area contributed by atoms with Crippen LogP contribution >= 0.6 is 11.6 Å². The molecule has 0 bridgehead atoms. The first kappa shape index (κ1) is 21.6. The van der Waals surface area contributed by atoms with E-state index in [4.69, 9.17) is 21.1 Å². The molecule has 3 rings (SSSR count). The van der Waals surface area contributed by atoms with Crippen LogP contribution in [0, 0.1) is 6.92 Å². The standard InChI is InChI=1S/C23H29ClN2O3/c1-18-5-2-3-6-22(18)29-14-4-7-23(27)25-17-21(26-12-15-28-16-13-26)19-8-10-20(24)11-9-19/h2-3,5-6,8-11,21H,4,7,12-17H2,1H3,(H,25,27). The summed E-state index contributed by atoms with van der Waals surface area (Å²) in [5.41, 5.74) is 2.26. The van der Waals surface area contributed by atoms with Crippen LogP contribution < -0.4 is 10.1 Å². The van der Waals surface area contributed by atoms with Gasteiger partial charge in [-0.3, -0.25) is 9.69 Å². The van der Waals surface area contributed by atoms with Gasteiger partial charge in [0.25, 0.3) is 0 Å². The second-order valence-corrected chi connectivity index (χ2v) is 7.67. The lowest BCUT2D eigenvalue weighted by atomic mass is 10.0. The number of hydrogen-bond acceptors (Lipinski definition) is 4. The molecule has 6 heteroatoms. The van der Waals surface area contributed by atoms with Crippen molar-refractivity contribution in [1.82, 2.24) is 10.2 Å². The number of ether oxygens (including phenoxy) is 2. The summed E-state index contributed by atoms with van der Waals surface area (Å²) in [5.74, 6) is 0.925. The zero-order valence-electron chi connectivity index (χ0n) is 16.9. The average molecular weight is 417 g/mol. The number of halogens is 1. The molecular weight excluding hydrogens is 388 g/mol. The Morgan fingerprint density at radius 1 is 1.17 bits per heavy atom. The van der Waals surface area contributed by atoms with Gasteiger partial charge in [0.15, 0.2) is 0 Å². The summed E-state index contributed by atoms with van der Waals surface area (Å²) >= 11 is 6.04. The van der Waals surface area contributed by atoms with Crippen molar-refractivity contribution in [2.45, 2.75) is 25.8 Å². The van der Waals surface area contributed by atoms with E-state index in [-0.39, 0.29) is 11.9 Å². The predicted octanol–water partition coefficient (Wildman–Crippen LogP) is 4.00. The molecule has 1 fully saturated rings. The molecule has 0 radical (unpaired) electrons. The van der Waals surface area contributed by atoms with E-state index in [1.54, 1.807) is 0 Å². The maximum absolute atomic E-state index is 12.4. The number of nitrogens with zero attached hydrogens (tertiary/aromatic N) is 1. The lowest BCUT2D eigenvalue weighted by molar-refractivity contribution is -0.121. The van der Waals surface area contributed by atoms with Crippen LogP contribution in [0.2, 0.25) is 5.02 Å². The topological polar surface area (TPSA) is 50.8 Å². The number of carbonyl (C=O) groups excluding carboxylic acids is 1. The molecular formula is C23H29ClN2O3. The molecule has 1 heterocycles. The highest BCUT2D eigenvalue weighted by Crippen LogP contribution is 2.23. The summed E-state index contributed by atoms with van der Waals surface area (Å²) in [5, 5.41) is 3.81. The molecule has 1 aliphatic rings. The molecule has 2 aromatic carbocycles. The largest absolute Gasteiger partial charge is 0.493 e. The van der Waals surface area contributed by atoms with Crippen molar-refractivity contribution in [3.63, 3.8) is 0 Å². The molecule has 0 aromatic heterocycles. The Labute approximate surface area is 177 Å². The van der Waals surface area contributed by atoms with E-state index in [0.717, 1.165) is 30.0 Å². The van der Waals surface area contributed by atoms with E-state index >= 15 is 0 Å². The molecule has 1 unspecified atom stereocenters.